The highest BCUT2D eigenvalue weighted by Crippen LogP contribution is 1.88. The van der Waals surface area contributed by atoms with Crippen molar-refractivity contribution in [3.63, 3.8) is 0 Å². The van der Waals surface area contributed by atoms with Crippen molar-refractivity contribution >= 4 is 0 Å². The van der Waals surface area contributed by atoms with Crippen LogP contribution in [0.1, 0.15) is 11.1 Å². The average Bonchev–Trinajstić information content (AvgIpc) is 2.20. The monoisotopic (exact) mass is 188 g/mol. The van der Waals surface area contributed by atoms with Gasteiger partial charge in [-0.1, -0.05) is 0 Å². The lowest BCUT2D eigenvalue weighted by atomic mass is 10.1. The Morgan fingerprint density at radius 1 is 0.643 bits per heavy atom. The molecule has 0 aromatic heterocycles. The maximum Gasteiger partial charge on any atom is 0.278 e. The third-order valence-corrected chi connectivity index (χ3v) is 1.55. The number of benzene rings is 1. The summed E-state index contributed by atoms with van der Waals surface area (Å²) < 4.78 is 0. The second kappa shape index (κ2) is 3.04. The molecular weight excluding hydrogens is 188 g/mol. The van der Waals surface area contributed by atoms with Gasteiger partial charge in [-0.25, -0.2) is 0 Å². The van der Waals surface area contributed by atoms with Gasteiger partial charge >= 0.3 is 0 Å². The van der Waals surface area contributed by atoms with Gasteiger partial charge in [0.05, 0.1) is 0 Å². The summed E-state index contributed by atoms with van der Waals surface area (Å²) in [4.78, 5) is 43.4. The fraction of sp³-hybridized carbons (Fsp3) is 0. The SMILES string of the molecule is N#Cc1c(C#N)c(=O)c(=O)c(=O)c1=O. The van der Waals surface area contributed by atoms with Crippen molar-refractivity contribution < 1.29 is 0 Å². The van der Waals surface area contributed by atoms with Crippen LogP contribution in [0.4, 0.5) is 0 Å². The Kier molecular flexibility index (Phi) is 2.06. The molecule has 0 bridgehead atoms. The van der Waals surface area contributed by atoms with Crippen LogP contribution in [0.15, 0.2) is 19.2 Å². The summed E-state index contributed by atoms with van der Waals surface area (Å²) in [6.45, 7) is 0. The summed E-state index contributed by atoms with van der Waals surface area (Å²) in [5.74, 6) is 0. The van der Waals surface area contributed by atoms with Gasteiger partial charge in [0.1, 0.15) is 23.3 Å². The second-order valence-corrected chi connectivity index (χ2v) is 2.29. The van der Waals surface area contributed by atoms with Gasteiger partial charge in [0.15, 0.2) is 0 Å². The lowest BCUT2D eigenvalue weighted by molar-refractivity contribution is 1.27. The highest BCUT2D eigenvalue weighted by molar-refractivity contribution is 5.44. The van der Waals surface area contributed by atoms with Crippen molar-refractivity contribution in [1.82, 2.24) is 0 Å². The Morgan fingerprint density at radius 2 is 0.929 bits per heavy atom. The number of nitriles is 2. The molecule has 0 aliphatic heterocycles. The molecule has 1 aromatic carbocycles. The van der Waals surface area contributed by atoms with Gasteiger partial charge in [0.2, 0.25) is 10.9 Å². The van der Waals surface area contributed by atoms with Crippen molar-refractivity contribution in [2.75, 3.05) is 0 Å². The minimum absolute atomic E-state index is 0.859. The van der Waals surface area contributed by atoms with Crippen molar-refractivity contribution in [3.05, 3.63) is 52.0 Å². The molecule has 0 saturated carbocycles. The highest BCUT2D eigenvalue weighted by Gasteiger charge is 2.17. The summed E-state index contributed by atoms with van der Waals surface area (Å²) in [6, 6.07) is 2.50. The maximum absolute atomic E-state index is 10.9. The minimum Gasteiger partial charge on any atom is -0.284 e. The molecule has 0 spiro atoms. The maximum atomic E-state index is 10.9. The molecule has 0 unspecified atom stereocenters. The van der Waals surface area contributed by atoms with E-state index in [9.17, 15) is 19.2 Å². The van der Waals surface area contributed by atoms with E-state index in [-0.39, 0.29) is 0 Å². The van der Waals surface area contributed by atoms with Gasteiger partial charge in [-0.3, -0.25) is 19.2 Å². The van der Waals surface area contributed by atoms with Crippen LogP contribution >= 0.6 is 0 Å². The number of hydrogen-bond acceptors (Lipinski definition) is 6. The van der Waals surface area contributed by atoms with Crippen LogP contribution in [0.5, 0.6) is 0 Å². The lowest BCUT2D eigenvalue weighted by Crippen LogP contribution is -2.49. The number of rotatable bonds is 0. The fourth-order valence-electron chi connectivity index (χ4n) is 0.874. The van der Waals surface area contributed by atoms with Crippen LogP contribution in [0.3, 0.4) is 0 Å². The Hall–Kier alpha value is -2.60. The standard InChI is InChI=1S/C8N2O4/c9-1-3-4(2-10)6(12)8(14)7(13)5(3)11. The zero-order valence-corrected chi connectivity index (χ0v) is 6.53. The first kappa shape index (κ1) is 9.49. The molecule has 0 fully saturated rings. The molecule has 0 saturated heterocycles. The van der Waals surface area contributed by atoms with E-state index in [0.717, 1.165) is 0 Å². The van der Waals surface area contributed by atoms with Crippen LogP contribution in [0.2, 0.25) is 0 Å². The third-order valence-electron chi connectivity index (χ3n) is 1.55. The van der Waals surface area contributed by atoms with Gasteiger partial charge in [0, 0.05) is 0 Å². The van der Waals surface area contributed by atoms with E-state index in [4.69, 9.17) is 10.5 Å². The molecule has 14 heavy (non-hydrogen) atoms. The summed E-state index contributed by atoms with van der Waals surface area (Å²) >= 11 is 0. The van der Waals surface area contributed by atoms with E-state index in [1.165, 1.54) is 12.1 Å². The smallest absolute Gasteiger partial charge is 0.278 e. The molecular formula is C8N2O4. The first-order chi connectivity index (χ1) is 6.54. The first-order valence-corrected chi connectivity index (χ1v) is 3.26. The van der Waals surface area contributed by atoms with Crippen molar-refractivity contribution in [2.24, 2.45) is 0 Å². The summed E-state index contributed by atoms with van der Waals surface area (Å²) in [5, 5.41) is 16.8. The van der Waals surface area contributed by atoms with Crippen molar-refractivity contribution in [3.8, 4) is 12.1 Å². The lowest BCUT2D eigenvalue weighted by Gasteiger charge is -1.85. The Morgan fingerprint density at radius 3 is 1.14 bits per heavy atom. The third kappa shape index (κ3) is 1.03. The van der Waals surface area contributed by atoms with Crippen molar-refractivity contribution in [1.29, 1.82) is 10.5 Å². The predicted octanol–water partition coefficient (Wildman–Crippen LogP) is -2.25. The average molecular weight is 188 g/mol. The molecule has 6 nitrogen and oxygen atoms in total. The van der Waals surface area contributed by atoms with Crippen LogP contribution in [0.25, 0.3) is 0 Å². The van der Waals surface area contributed by atoms with Crippen LogP contribution in [0, 0.1) is 22.7 Å². The molecule has 0 aliphatic rings. The summed E-state index contributed by atoms with van der Waals surface area (Å²) in [6.07, 6.45) is 0. The summed E-state index contributed by atoms with van der Waals surface area (Å²) in [5.41, 5.74) is -7.64. The number of nitrogens with zero attached hydrogens (tertiary/aromatic N) is 2. The van der Waals surface area contributed by atoms with Crippen molar-refractivity contribution in [2.45, 2.75) is 0 Å². The molecule has 66 valence electrons. The highest BCUT2D eigenvalue weighted by atomic mass is 16.2. The molecule has 6 heteroatoms. The zero-order valence-electron chi connectivity index (χ0n) is 6.53. The molecule has 0 amide bonds. The second-order valence-electron chi connectivity index (χ2n) is 2.29. The molecule has 0 atom stereocenters. The van der Waals surface area contributed by atoms with Crippen LogP contribution < -0.4 is 21.7 Å². The normalized spacial score (nSPS) is 9.00. The first-order valence-electron chi connectivity index (χ1n) is 3.26. The van der Waals surface area contributed by atoms with Crippen LogP contribution in [-0.2, 0) is 0 Å². The minimum atomic E-state index is -1.56. The Bertz CT molecular complexity index is 620. The molecule has 0 N–H and O–H groups in total. The van der Waals surface area contributed by atoms with E-state index in [1.54, 1.807) is 0 Å². The van der Waals surface area contributed by atoms with Crippen LogP contribution in [-0.4, -0.2) is 0 Å². The topological polar surface area (TPSA) is 116 Å². The number of hydrogen-bond donors (Lipinski definition) is 0. The molecule has 1 aromatic rings. The summed E-state index contributed by atoms with van der Waals surface area (Å²) in [7, 11) is 0. The predicted molar refractivity (Wildman–Crippen MR) is 43.3 cm³/mol. The van der Waals surface area contributed by atoms with E-state index in [2.05, 4.69) is 0 Å². The van der Waals surface area contributed by atoms with Gasteiger partial charge in [-0.15, -0.1) is 0 Å². The Labute approximate surface area is 75.6 Å². The van der Waals surface area contributed by atoms with E-state index in [0.29, 0.717) is 0 Å². The van der Waals surface area contributed by atoms with Gasteiger partial charge < -0.3 is 0 Å². The molecule has 0 radical (unpaired) electrons. The molecule has 1 rings (SSSR count). The Balaban J connectivity index is 4.23. The van der Waals surface area contributed by atoms with E-state index < -0.39 is 32.8 Å². The van der Waals surface area contributed by atoms with Gasteiger partial charge in [-0.2, -0.15) is 10.5 Å². The quantitative estimate of drug-likeness (QED) is 0.424. The van der Waals surface area contributed by atoms with E-state index >= 15 is 0 Å². The van der Waals surface area contributed by atoms with E-state index in [1.807, 2.05) is 0 Å². The fourth-order valence-corrected chi connectivity index (χ4v) is 0.874. The zero-order chi connectivity index (χ0) is 10.9. The van der Waals surface area contributed by atoms with Gasteiger partial charge in [-0.05, 0) is 0 Å². The molecule has 0 aliphatic carbocycles. The van der Waals surface area contributed by atoms with Gasteiger partial charge in [0.25, 0.3) is 10.9 Å². The molecule has 0 heterocycles. The largest absolute Gasteiger partial charge is 0.284 e.